The SMILES string of the molecule is Cc1cc(F)ccc1COc1c(N)cc(Cl)cc1Br. The Morgan fingerprint density at radius 2 is 2.05 bits per heavy atom. The summed E-state index contributed by atoms with van der Waals surface area (Å²) in [6, 6.07) is 7.92. The summed E-state index contributed by atoms with van der Waals surface area (Å²) in [5.74, 6) is 0.279. The summed E-state index contributed by atoms with van der Waals surface area (Å²) >= 11 is 9.23. The maximum absolute atomic E-state index is 13.0. The van der Waals surface area contributed by atoms with Crippen molar-refractivity contribution in [3.8, 4) is 5.75 Å². The Bertz CT molecular complexity index is 595. The lowest BCUT2D eigenvalue weighted by Gasteiger charge is -2.12. The largest absolute Gasteiger partial charge is 0.486 e. The molecule has 0 aliphatic rings. The number of halogens is 3. The van der Waals surface area contributed by atoms with Crippen LogP contribution in [0, 0.1) is 12.7 Å². The predicted molar refractivity (Wildman–Crippen MR) is 79.0 cm³/mol. The van der Waals surface area contributed by atoms with E-state index in [-0.39, 0.29) is 5.82 Å². The summed E-state index contributed by atoms with van der Waals surface area (Å²) in [6.45, 7) is 2.15. The second-order valence-electron chi connectivity index (χ2n) is 4.17. The fourth-order valence-electron chi connectivity index (χ4n) is 1.70. The molecule has 2 aromatic rings. The fourth-order valence-corrected chi connectivity index (χ4v) is 2.65. The minimum Gasteiger partial charge on any atom is -0.486 e. The van der Waals surface area contributed by atoms with Crippen molar-refractivity contribution in [3.63, 3.8) is 0 Å². The van der Waals surface area contributed by atoms with Gasteiger partial charge >= 0.3 is 0 Å². The Labute approximate surface area is 124 Å². The van der Waals surface area contributed by atoms with Crippen LogP contribution in [-0.2, 0) is 6.61 Å². The Kier molecular flexibility index (Phi) is 4.32. The van der Waals surface area contributed by atoms with Crippen molar-refractivity contribution in [1.29, 1.82) is 0 Å². The van der Waals surface area contributed by atoms with Gasteiger partial charge in [-0.15, -0.1) is 0 Å². The fraction of sp³-hybridized carbons (Fsp3) is 0.143. The van der Waals surface area contributed by atoms with Gasteiger partial charge in [-0.05, 0) is 58.2 Å². The lowest BCUT2D eigenvalue weighted by atomic mass is 10.1. The average molecular weight is 345 g/mol. The van der Waals surface area contributed by atoms with Crippen LogP contribution in [0.1, 0.15) is 11.1 Å². The quantitative estimate of drug-likeness (QED) is 0.818. The first-order valence-electron chi connectivity index (χ1n) is 5.59. The topological polar surface area (TPSA) is 35.2 Å². The molecular formula is C14H12BrClFNO. The van der Waals surface area contributed by atoms with E-state index in [1.807, 2.05) is 6.92 Å². The first-order chi connectivity index (χ1) is 8.97. The van der Waals surface area contributed by atoms with Crippen LogP contribution < -0.4 is 10.5 Å². The van der Waals surface area contributed by atoms with Crippen LogP contribution in [0.3, 0.4) is 0 Å². The van der Waals surface area contributed by atoms with Gasteiger partial charge in [0.2, 0.25) is 0 Å². The van der Waals surface area contributed by atoms with Gasteiger partial charge < -0.3 is 10.5 Å². The van der Waals surface area contributed by atoms with E-state index in [0.29, 0.717) is 27.5 Å². The van der Waals surface area contributed by atoms with Crippen LogP contribution in [-0.4, -0.2) is 0 Å². The smallest absolute Gasteiger partial charge is 0.156 e. The van der Waals surface area contributed by atoms with Crippen molar-refractivity contribution in [1.82, 2.24) is 0 Å². The highest BCUT2D eigenvalue weighted by molar-refractivity contribution is 9.10. The molecule has 0 atom stereocenters. The van der Waals surface area contributed by atoms with E-state index in [4.69, 9.17) is 22.1 Å². The molecule has 100 valence electrons. The maximum atomic E-state index is 13.0. The third kappa shape index (κ3) is 3.39. The molecule has 0 aromatic heterocycles. The van der Waals surface area contributed by atoms with Crippen LogP contribution in [0.25, 0.3) is 0 Å². The molecule has 0 saturated heterocycles. The van der Waals surface area contributed by atoms with E-state index < -0.39 is 0 Å². The van der Waals surface area contributed by atoms with E-state index in [1.54, 1.807) is 18.2 Å². The number of rotatable bonds is 3. The van der Waals surface area contributed by atoms with E-state index in [2.05, 4.69) is 15.9 Å². The number of anilines is 1. The molecule has 5 heteroatoms. The third-order valence-corrected chi connectivity index (χ3v) is 3.52. The number of nitrogen functional groups attached to an aromatic ring is 1. The molecule has 0 radical (unpaired) electrons. The molecule has 0 saturated carbocycles. The Hall–Kier alpha value is -1.26. The van der Waals surface area contributed by atoms with Crippen molar-refractivity contribution >= 4 is 33.2 Å². The number of aryl methyl sites for hydroxylation is 1. The number of hydrogen-bond acceptors (Lipinski definition) is 2. The van der Waals surface area contributed by atoms with Gasteiger partial charge in [-0.1, -0.05) is 17.7 Å². The molecule has 0 aliphatic heterocycles. The van der Waals surface area contributed by atoms with Gasteiger partial charge in [-0.3, -0.25) is 0 Å². The van der Waals surface area contributed by atoms with Gasteiger partial charge in [0.15, 0.2) is 5.75 Å². The highest BCUT2D eigenvalue weighted by Gasteiger charge is 2.09. The zero-order valence-electron chi connectivity index (χ0n) is 10.2. The van der Waals surface area contributed by atoms with Gasteiger partial charge in [-0.25, -0.2) is 4.39 Å². The summed E-state index contributed by atoms with van der Waals surface area (Å²) in [6.07, 6.45) is 0. The summed E-state index contributed by atoms with van der Waals surface area (Å²) < 4.78 is 19.4. The molecule has 0 spiro atoms. The van der Waals surface area contributed by atoms with E-state index in [0.717, 1.165) is 11.1 Å². The van der Waals surface area contributed by atoms with E-state index >= 15 is 0 Å². The minimum atomic E-state index is -0.256. The van der Waals surface area contributed by atoms with E-state index in [1.165, 1.54) is 12.1 Å². The Balaban J connectivity index is 2.19. The molecular weight excluding hydrogens is 333 g/mol. The second-order valence-corrected chi connectivity index (χ2v) is 5.46. The highest BCUT2D eigenvalue weighted by atomic mass is 79.9. The van der Waals surface area contributed by atoms with Crippen molar-refractivity contribution in [2.45, 2.75) is 13.5 Å². The maximum Gasteiger partial charge on any atom is 0.156 e. The number of ether oxygens (including phenoxy) is 1. The summed E-state index contributed by atoms with van der Waals surface area (Å²) in [5, 5.41) is 0.537. The average Bonchev–Trinajstić information content (AvgIpc) is 2.30. The standard InChI is InChI=1S/C14H12BrClFNO/c1-8-4-11(17)3-2-9(8)7-19-14-12(15)5-10(16)6-13(14)18/h2-6H,7,18H2,1H3. The molecule has 19 heavy (non-hydrogen) atoms. The minimum absolute atomic E-state index is 0.256. The molecule has 0 fully saturated rings. The van der Waals surface area contributed by atoms with Crippen molar-refractivity contribution < 1.29 is 9.13 Å². The van der Waals surface area contributed by atoms with Crippen LogP contribution in [0.2, 0.25) is 5.02 Å². The first kappa shape index (κ1) is 14.2. The molecule has 2 rings (SSSR count). The van der Waals surface area contributed by atoms with Crippen LogP contribution >= 0.6 is 27.5 Å². The van der Waals surface area contributed by atoms with Gasteiger partial charge in [0, 0.05) is 5.02 Å². The Morgan fingerprint density at radius 3 is 2.68 bits per heavy atom. The number of nitrogens with two attached hydrogens (primary N) is 1. The summed E-state index contributed by atoms with van der Waals surface area (Å²) in [7, 11) is 0. The lowest BCUT2D eigenvalue weighted by molar-refractivity contribution is 0.305. The summed E-state index contributed by atoms with van der Waals surface area (Å²) in [5.41, 5.74) is 8.05. The highest BCUT2D eigenvalue weighted by Crippen LogP contribution is 2.35. The molecule has 0 amide bonds. The van der Waals surface area contributed by atoms with Crippen LogP contribution in [0.15, 0.2) is 34.8 Å². The number of benzene rings is 2. The van der Waals surface area contributed by atoms with Gasteiger partial charge in [-0.2, -0.15) is 0 Å². The molecule has 2 aromatic carbocycles. The van der Waals surface area contributed by atoms with Crippen LogP contribution in [0.4, 0.5) is 10.1 Å². The molecule has 2 N–H and O–H groups in total. The van der Waals surface area contributed by atoms with Crippen LogP contribution in [0.5, 0.6) is 5.75 Å². The zero-order valence-corrected chi connectivity index (χ0v) is 12.6. The molecule has 2 nitrogen and oxygen atoms in total. The summed E-state index contributed by atoms with van der Waals surface area (Å²) in [4.78, 5) is 0. The first-order valence-corrected chi connectivity index (χ1v) is 6.77. The molecule has 0 unspecified atom stereocenters. The van der Waals surface area contributed by atoms with Crippen molar-refractivity contribution in [2.75, 3.05) is 5.73 Å². The molecule has 0 bridgehead atoms. The predicted octanol–water partition coefficient (Wildman–Crippen LogP) is 4.71. The lowest BCUT2D eigenvalue weighted by Crippen LogP contribution is -2.01. The van der Waals surface area contributed by atoms with Gasteiger partial charge in [0.1, 0.15) is 12.4 Å². The number of hydrogen-bond donors (Lipinski definition) is 1. The monoisotopic (exact) mass is 343 g/mol. The van der Waals surface area contributed by atoms with Crippen molar-refractivity contribution in [3.05, 3.63) is 56.8 Å². The Morgan fingerprint density at radius 1 is 1.32 bits per heavy atom. The molecule has 0 heterocycles. The van der Waals surface area contributed by atoms with Crippen molar-refractivity contribution in [2.24, 2.45) is 0 Å². The second kappa shape index (κ2) is 5.80. The van der Waals surface area contributed by atoms with Gasteiger partial charge in [0.05, 0.1) is 10.2 Å². The van der Waals surface area contributed by atoms with E-state index in [9.17, 15) is 4.39 Å². The normalized spacial score (nSPS) is 10.5. The third-order valence-electron chi connectivity index (χ3n) is 2.71. The zero-order chi connectivity index (χ0) is 14.0. The van der Waals surface area contributed by atoms with Gasteiger partial charge in [0.25, 0.3) is 0 Å². The molecule has 0 aliphatic carbocycles.